The number of alkyl halides is 2. The van der Waals surface area contributed by atoms with E-state index in [1.54, 1.807) is 19.1 Å². The number of nitrogens with zero attached hydrogens (tertiary/aromatic N) is 3. The zero-order valence-electron chi connectivity index (χ0n) is 14.2. The van der Waals surface area contributed by atoms with Gasteiger partial charge in [-0.3, -0.25) is 14.3 Å². The smallest absolute Gasteiger partial charge is 0.350 e. The lowest BCUT2D eigenvalue weighted by Crippen LogP contribution is -2.41. The Morgan fingerprint density at radius 3 is 2.67 bits per heavy atom. The first-order chi connectivity index (χ1) is 12.7. The van der Waals surface area contributed by atoms with Gasteiger partial charge in [0.05, 0.1) is 18.7 Å². The van der Waals surface area contributed by atoms with Gasteiger partial charge in [0.25, 0.3) is 0 Å². The van der Waals surface area contributed by atoms with Crippen LogP contribution in [-0.2, 0) is 11.2 Å². The van der Waals surface area contributed by atoms with E-state index in [9.17, 15) is 23.5 Å². The Bertz CT molecular complexity index is 900. The number of ether oxygens (including phenoxy) is 1. The zero-order valence-corrected chi connectivity index (χ0v) is 14.2. The SMILES string of the molecule is Cc1ccc(C(=O)Cc2ccn([C@@H]3O[C@H](CO)[C@@H](O)C3(F)F)c(=O)n2)cn1. The van der Waals surface area contributed by atoms with Crippen molar-refractivity contribution in [3.8, 4) is 0 Å². The number of carbonyl (C=O) groups is 1. The van der Waals surface area contributed by atoms with E-state index >= 15 is 0 Å². The lowest BCUT2D eigenvalue weighted by molar-refractivity contribution is -0.141. The number of aryl methyl sites for hydroxylation is 1. The standard InChI is InChI=1S/C17H17F2N3O5/c1-9-2-3-10(7-20-9)12(24)6-11-4-5-22(16(26)21-11)15-17(18,19)14(25)13(8-23)27-15/h2-5,7,13-15,23,25H,6,8H2,1H3/t13-,14-,15-/m1/s1. The van der Waals surface area contributed by atoms with Crippen LogP contribution in [0.5, 0.6) is 0 Å². The first kappa shape index (κ1) is 19.2. The summed E-state index contributed by atoms with van der Waals surface area (Å²) >= 11 is 0. The lowest BCUT2D eigenvalue weighted by Gasteiger charge is -2.21. The van der Waals surface area contributed by atoms with Crippen LogP contribution in [0.4, 0.5) is 8.78 Å². The number of halogens is 2. The lowest BCUT2D eigenvalue weighted by atomic mass is 10.1. The highest BCUT2D eigenvalue weighted by Crippen LogP contribution is 2.41. The van der Waals surface area contributed by atoms with Crippen LogP contribution >= 0.6 is 0 Å². The van der Waals surface area contributed by atoms with E-state index in [4.69, 9.17) is 9.84 Å². The van der Waals surface area contributed by atoms with Crippen molar-refractivity contribution >= 4 is 5.78 Å². The van der Waals surface area contributed by atoms with Crippen molar-refractivity contribution in [3.05, 3.63) is 58.0 Å². The Balaban J connectivity index is 1.81. The summed E-state index contributed by atoms with van der Waals surface area (Å²) in [5.74, 6) is -4.12. The molecule has 144 valence electrons. The molecule has 0 aromatic carbocycles. The third-order valence-corrected chi connectivity index (χ3v) is 4.27. The third kappa shape index (κ3) is 3.64. The first-order valence-electron chi connectivity index (χ1n) is 8.10. The van der Waals surface area contributed by atoms with E-state index in [0.717, 1.165) is 11.9 Å². The van der Waals surface area contributed by atoms with Crippen molar-refractivity contribution in [3.63, 3.8) is 0 Å². The van der Waals surface area contributed by atoms with Crippen molar-refractivity contribution in [1.82, 2.24) is 14.5 Å². The largest absolute Gasteiger partial charge is 0.394 e. The Morgan fingerprint density at radius 1 is 1.37 bits per heavy atom. The van der Waals surface area contributed by atoms with Gasteiger partial charge in [-0.05, 0) is 25.1 Å². The number of aromatic nitrogens is 3. The van der Waals surface area contributed by atoms with E-state index in [2.05, 4.69) is 9.97 Å². The monoisotopic (exact) mass is 381 g/mol. The summed E-state index contributed by atoms with van der Waals surface area (Å²) in [5.41, 5.74) is 0.125. The van der Waals surface area contributed by atoms with Crippen molar-refractivity contribution < 1.29 is 28.5 Å². The number of carbonyl (C=O) groups excluding carboxylic acids is 1. The summed E-state index contributed by atoms with van der Waals surface area (Å²) in [6.07, 6.45) is -3.65. The fraction of sp³-hybridized carbons (Fsp3) is 0.412. The molecule has 8 nitrogen and oxygen atoms in total. The molecule has 27 heavy (non-hydrogen) atoms. The molecule has 2 aromatic rings. The summed E-state index contributed by atoms with van der Waals surface area (Å²) in [7, 11) is 0. The van der Waals surface area contributed by atoms with Gasteiger partial charge in [0.2, 0.25) is 6.23 Å². The van der Waals surface area contributed by atoms with Crippen LogP contribution in [0, 0.1) is 6.92 Å². The van der Waals surface area contributed by atoms with Crippen LogP contribution in [0.15, 0.2) is 35.4 Å². The second-order valence-corrected chi connectivity index (χ2v) is 6.23. The average Bonchev–Trinajstić information content (AvgIpc) is 2.85. The van der Waals surface area contributed by atoms with E-state index < -0.39 is 36.7 Å². The predicted octanol–water partition coefficient (Wildman–Crippen LogP) is 0.258. The van der Waals surface area contributed by atoms with E-state index in [0.29, 0.717) is 10.1 Å². The Hall–Kier alpha value is -2.56. The maximum absolute atomic E-state index is 14.1. The first-order valence-corrected chi connectivity index (χ1v) is 8.10. The zero-order chi connectivity index (χ0) is 19.8. The highest BCUT2D eigenvalue weighted by Gasteiger charge is 2.59. The second-order valence-electron chi connectivity index (χ2n) is 6.23. The predicted molar refractivity (Wildman–Crippen MR) is 87.5 cm³/mol. The quantitative estimate of drug-likeness (QED) is 0.714. The van der Waals surface area contributed by atoms with Gasteiger partial charge in [-0.15, -0.1) is 0 Å². The summed E-state index contributed by atoms with van der Waals surface area (Å²) in [6, 6.07) is 4.51. The molecular weight excluding hydrogens is 364 g/mol. The van der Waals surface area contributed by atoms with Crippen molar-refractivity contribution in [2.24, 2.45) is 0 Å². The van der Waals surface area contributed by atoms with Crippen LogP contribution in [0.1, 0.15) is 28.0 Å². The minimum atomic E-state index is -3.79. The van der Waals surface area contributed by atoms with Crippen LogP contribution in [0.3, 0.4) is 0 Å². The molecule has 0 amide bonds. The third-order valence-electron chi connectivity index (χ3n) is 4.27. The number of Topliss-reactive ketones (excluding diaryl/α,β-unsaturated/α-hetero) is 1. The molecule has 3 heterocycles. The van der Waals surface area contributed by atoms with Gasteiger partial charge in [-0.25, -0.2) is 4.79 Å². The van der Waals surface area contributed by atoms with Gasteiger partial charge in [0.1, 0.15) is 6.10 Å². The van der Waals surface area contributed by atoms with Gasteiger partial charge in [0, 0.05) is 23.7 Å². The molecule has 0 spiro atoms. The molecular formula is C17H17F2N3O5. The van der Waals surface area contributed by atoms with E-state index in [1.807, 2.05) is 0 Å². The van der Waals surface area contributed by atoms with E-state index in [1.165, 1.54) is 12.3 Å². The topological polar surface area (TPSA) is 115 Å². The number of hydrogen-bond donors (Lipinski definition) is 2. The van der Waals surface area contributed by atoms with Gasteiger partial charge >= 0.3 is 11.6 Å². The molecule has 0 radical (unpaired) electrons. The Morgan fingerprint density at radius 2 is 2.11 bits per heavy atom. The Kier molecular flexibility index (Phi) is 5.13. The van der Waals surface area contributed by atoms with Gasteiger partial charge in [-0.1, -0.05) is 0 Å². The fourth-order valence-corrected chi connectivity index (χ4v) is 2.74. The van der Waals surface area contributed by atoms with Crippen LogP contribution in [0.25, 0.3) is 0 Å². The summed E-state index contributed by atoms with van der Waals surface area (Å²) < 4.78 is 33.7. The van der Waals surface area contributed by atoms with Gasteiger partial charge < -0.3 is 14.9 Å². The fourth-order valence-electron chi connectivity index (χ4n) is 2.74. The maximum Gasteiger partial charge on any atom is 0.350 e. The minimum Gasteiger partial charge on any atom is -0.394 e. The molecule has 0 unspecified atom stereocenters. The highest BCUT2D eigenvalue weighted by atomic mass is 19.3. The molecule has 10 heteroatoms. The van der Waals surface area contributed by atoms with Crippen molar-refractivity contribution in [1.29, 1.82) is 0 Å². The highest BCUT2D eigenvalue weighted by molar-refractivity contribution is 5.96. The average molecular weight is 381 g/mol. The molecule has 3 rings (SSSR count). The Labute approximate surface area is 152 Å². The summed E-state index contributed by atoms with van der Waals surface area (Å²) in [5, 5.41) is 18.5. The minimum absolute atomic E-state index is 0.0994. The molecule has 1 aliphatic rings. The number of aliphatic hydroxyl groups excluding tert-OH is 2. The van der Waals surface area contributed by atoms with Gasteiger partial charge in [-0.2, -0.15) is 13.8 Å². The molecule has 2 N–H and O–H groups in total. The molecule has 0 bridgehead atoms. The van der Waals surface area contributed by atoms with E-state index in [-0.39, 0.29) is 17.9 Å². The van der Waals surface area contributed by atoms with Crippen molar-refractivity contribution in [2.45, 2.75) is 37.7 Å². The normalized spacial score (nSPS) is 24.1. The van der Waals surface area contributed by atoms with Crippen molar-refractivity contribution in [2.75, 3.05) is 6.61 Å². The molecule has 1 aliphatic heterocycles. The number of hydrogen-bond acceptors (Lipinski definition) is 7. The molecule has 3 atom stereocenters. The number of rotatable bonds is 5. The molecule has 0 saturated carbocycles. The van der Waals surface area contributed by atoms with Crippen LogP contribution in [-0.4, -0.2) is 55.3 Å². The molecule has 2 aromatic heterocycles. The number of pyridine rings is 1. The van der Waals surface area contributed by atoms with Crippen LogP contribution in [0.2, 0.25) is 0 Å². The summed E-state index contributed by atoms with van der Waals surface area (Å²) in [4.78, 5) is 32.0. The van der Waals surface area contributed by atoms with Crippen LogP contribution < -0.4 is 5.69 Å². The summed E-state index contributed by atoms with van der Waals surface area (Å²) in [6.45, 7) is 0.946. The number of ketones is 1. The molecule has 0 aliphatic carbocycles. The second kappa shape index (κ2) is 7.22. The van der Waals surface area contributed by atoms with Gasteiger partial charge in [0.15, 0.2) is 11.9 Å². The maximum atomic E-state index is 14.1. The molecule has 1 saturated heterocycles. The number of aliphatic hydroxyl groups is 2. The molecule has 1 fully saturated rings.